The minimum Gasteiger partial charge on any atom is -0.477 e. The summed E-state index contributed by atoms with van der Waals surface area (Å²) in [6, 6.07) is 2.13. The Morgan fingerprint density at radius 2 is 1.81 bits per heavy atom. The molecule has 2 aliphatic rings. The summed E-state index contributed by atoms with van der Waals surface area (Å²) in [6.07, 6.45) is -2.50. The quantitative estimate of drug-likeness (QED) is 0.553. The lowest BCUT2D eigenvalue weighted by Gasteiger charge is -2.32. The fraction of sp³-hybridized carbons (Fsp3) is 0.611. The Morgan fingerprint density at radius 3 is 2.37 bits per heavy atom. The maximum atomic E-state index is 14.6. The third-order valence-electron chi connectivity index (χ3n) is 5.40. The van der Waals surface area contributed by atoms with E-state index in [2.05, 4.69) is 4.98 Å². The van der Waals surface area contributed by atoms with Crippen molar-refractivity contribution in [2.45, 2.75) is 57.9 Å². The molecular weight excluding hydrogens is 365 g/mol. The Morgan fingerprint density at radius 1 is 1.22 bits per heavy atom. The van der Waals surface area contributed by atoms with Crippen molar-refractivity contribution in [2.75, 3.05) is 6.61 Å². The van der Waals surface area contributed by atoms with Crippen LogP contribution in [-0.2, 0) is 15.5 Å². The van der Waals surface area contributed by atoms with Crippen molar-refractivity contribution in [2.24, 2.45) is 5.92 Å². The molecule has 1 aromatic heterocycles. The normalized spacial score (nSPS) is 23.9. The fourth-order valence-electron chi connectivity index (χ4n) is 2.98. The van der Waals surface area contributed by atoms with Crippen LogP contribution < -0.4 is 4.74 Å². The first-order valence-corrected chi connectivity index (χ1v) is 8.79. The molecule has 2 heterocycles. The average molecular weight is 387 g/mol. The van der Waals surface area contributed by atoms with Gasteiger partial charge < -0.3 is 14.0 Å². The second-order valence-electron chi connectivity index (χ2n) is 7.98. The van der Waals surface area contributed by atoms with Gasteiger partial charge in [0.15, 0.2) is 0 Å². The van der Waals surface area contributed by atoms with E-state index in [9.17, 15) is 17.6 Å². The molecule has 1 saturated heterocycles. The molecule has 4 nitrogen and oxygen atoms in total. The highest BCUT2D eigenvalue weighted by molar-refractivity contribution is 6.53. The number of rotatable bonds is 4. The Hall–Kier alpha value is -1.61. The smallest absolute Gasteiger partial charge is 0.477 e. The van der Waals surface area contributed by atoms with E-state index < -0.39 is 41.7 Å². The van der Waals surface area contributed by atoms with Crippen LogP contribution in [0.3, 0.4) is 0 Å². The minimum atomic E-state index is -4.53. The predicted octanol–water partition coefficient (Wildman–Crippen LogP) is 4.74. The van der Waals surface area contributed by atoms with Crippen LogP contribution in [0.25, 0.3) is 0 Å². The number of aromatic nitrogens is 1. The molecule has 148 valence electrons. The van der Waals surface area contributed by atoms with Crippen LogP contribution >= 0.6 is 0 Å². The minimum absolute atomic E-state index is 0.0419. The van der Waals surface area contributed by atoms with Gasteiger partial charge in [-0.3, -0.25) is 0 Å². The van der Waals surface area contributed by atoms with E-state index in [4.69, 9.17) is 14.0 Å². The third-order valence-corrected chi connectivity index (χ3v) is 5.40. The number of hydrogen-bond acceptors (Lipinski definition) is 4. The van der Waals surface area contributed by atoms with Crippen molar-refractivity contribution in [1.29, 1.82) is 0 Å². The van der Waals surface area contributed by atoms with Crippen LogP contribution in [0.15, 0.2) is 29.6 Å². The highest BCUT2D eigenvalue weighted by atomic mass is 19.4. The first kappa shape index (κ1) is 20.1. The van der Waals surface area contributed by atoms with Gasteiger partial charge in [0, 0.05) is 12.1 Å². The summed E-state index contributed by atoms with van der Waals surface area (Å²) in [4.78, 5) is 3.66. The zero-order valence-corrected chi connectivity index (χ0v) is 15.7. The summed E-state index contributed by atoms with van der Waals surface area (Å²) in [7, 11) is -1.04. The number of nitrogens with zero attached hydrogens (tertiary/aromatic N) is 1. The lowest BCUT2D eigenvalue weighted by molar-refractivity contribution is -0.139. The zero-order chi connectivity index (χ0) is 20.0. The SMILES string of the molecule is CC1(C)OB(C(F)=C2CC(COc3ncccc3C(F)(F)F)C2)OC1(C)C. The first-order valence-electron chi connectivity index (χ1n) is 8.79. The summed E-state index contributed by atoms with van der Waals surface area (Å²) in [5.41, 5.74) is -2.06. The van der Waals surface area contributed by atoms with Gasteiger partial charge in [0.25, 0.3) is 0 Å². The van der Waals surface area contributed by atoms with Crippen molar-refractivity contribution in [3.63, 3.8) is 0 Å². The molecule has 0 unspecified atom stereocenters. The highest BCUT2D eigenvalue weighted by Gasteiger charge is 2.54. The van der Waals surface area contributed by atoms with Gasteiger partial charge in [-0.2, -0.15) is 13.2 Å². The lowest BCUT2D eigenvalue weighted by atomic mass is 9.73. The third kappa shape index (κ3) is 3.99. The maximum absolute atomic E-state index is 14.6. The van der Waals surface area contributed by atoms with Gasteiger partial charge in [0.1, 0.15) is 11.3 Å². The van der Waals surface area contributed by atoms with E-state index in [1.54, 1.807) is 0 Å². The maximum Gasteiger partial charge on any atom is 0.525 e. The summed E-state index contributed by atoms with van der Waals surface area (Å²) in [5.74, 6) is -0.523. The molecule has 27 heavy (non-hydrogen) atoms. The molecule has 9 heteroatoms. The molecule has 0 N–H and O–H groups in total. The highest BCUT2D eigenvalue weighted by Crippen LogP contribution is 2.43. The number of hydrogen-bond donors (Lipinski definition) is 0. The largest absolute Gasteiger partial charge is 0.525 e. The topological polar surface area (TPSA) is 40.6 Å². The van der Waals surface area contributed by atoms with Gasteiger partial charge in [-0.1, -0.05) is 0 Å². The standard InChI is InChI=1S/C18H22BF4NO3/c1-16(2)17(3,4)27-19(26-16)14(20)12-8-11(9-12)10-25-15-13(18(21,22)23)6-5-7-24-15/h5-7,11H,8-10H2,1-4H3. The molecule has 1 aromatic rings. The van der Waals surface area contributed by atoms with Gasteiger partial charge in [-0.05, 0) is 58.2 Å². The van der Waals surface area contributed by atoms with Crippen LogP contribution in [0.4, 0.5) is 17.6 Å². The van der Waals surface area contributed by atoms with Gasteiger partial charge in [0.2, 0.25) is 5.88 Å². The van der Waals surface area contributed by atoms with E-state index in [-0.39, 0.29) is 12.5 Å². The molecule has 3 rings (SSSR count). The molecule has 1 saturated carbocycles. The molecule has 1 aliphatic carbocycles. The van der Waals surface area contributed by atoms with Gasteiger partial charge in [-0.15, -0.1) is 0 Å². The number of pyridine rings is 1. The second kappa shape index (κ2) is 6.77. The van der Waals surface area contributed by atoms with Crippen LogP contribution in [-0.4, -0.2) is 29.9 Å². The molecular formula is C18H22BF4NO3. The van der Waals surface area contributed by atoms with Crippen molar-refractivity contribution >= 4 is 7.12 Å². The van der Waals surface area contributed by atoms with Crippen LogP contribution in [0.2, 0.25) is 0 Å². The Balaban J connectivity index is 1.57. The van der Waals surface area contributed by atoms with E-state index >= 15 is 0 Å². The van der Waals surface area contributed by atoms with Gasteiger partial charge in [-0.25, -0.2) is 9.37 Å². The summed E-state index contributed by atoms with van der Waals surface area (Å²) >= 11 is 0. The summed E-state index contributed by atoms with van der Waals surface area (Å²) < 4.78 is 70.0. The molecule has 2 fully saturated rings. The van der Waals surface area contributed by atoms with E-state index in [1.807, 2.05) is 27.7 Å². The number of allylic oxidation sites excluding steroid dienone is 1. The molecule has 0 radical (unpaired) electrons. The summed E-state index contributed by atoms with van der Waals surface area (Å²) in [6.45, 7) is 7.40. The lowest BCUT2D eigenvalue weighted by Crippen LogP contribution is -2.41. The van der Waals surface area contributed by atoms with Crippen LogP contribution in [0.5, 0.6) is 5.88 Å². The Bertz CT molecular complexity index is 724. The number of halogens is 4. The number of alkyl halides is 3. The Labute approximate surface area is 156 Å². The van der Waals surface area contributed by atoms with E-state index in [0.717, 1.165) is 6.07 Å². The molecule has 0 atom stereocenters. The first-order chi connectivity index (χ1) is 12.4. The summed E-state index contributed by atoms with van der Waals surface area (Å²) in [5, 5.41) is 0. The van der Waals surface area contributed by atoms with Crippen LogP contribution in [0, 0.1) is 5.92 Å². The van der Waals surface area contributed by atoms with Gasteiger partial charge >= 0.3 is 13.3 Å². The van der Waals surface area contributed by atoms with Crippen molar-refractivity contribution in [3.8, 4) is 5.88 Å². The monoisotopic (exact) mass is 387 g/mol. The van der Waals surface area contributed by atoms with Crippen molar-refractivity contribution in [3.05, 3.63) is 35.2 Å². The van der Waals surface area contributed by atoms with Crippen LogP contribution in [0.1, 0.15) is 46.1 Å². The molecule has 1 aliphatic heterocycles. The zero-order valence-electron chi connectivity index (χ0n) is 15.7. The fourth-order valence-corrected chi connectivity index (χ4v) is 2.98. The molecule has 0 spiro atoms. The molecule has 0 bridgehead atoms. The van der Waals surface area contributed by atoms with E-state index in [1.165, 1.54) is 12.3 Å². The Kier molecular flexibility index (Phi) is 5.05. The average Bonchev–Trinajstić information content (AvgIpc) is 2.73. The van der Waals surface area contributed by atoms with Crippen molar-refractivity contribution < 1.29 is 31.6 Å². The molecule has 0 aromatic carbocycles. The van der Waals surface area contributed by atoms with Gasteiger partial charge in [0.05, 0.1) is 17.8 Å². The second-order valence-corrected chi connectivity index (χ2v) is 7.98. The molecule has 0 amide bonds. The predicted molar refractivity (Wildman–Crippen MR) is 91.7 cm³/mol. The van der Waals surface area contributed by atoms with Crippen molar-refractivity contribution in [1.82, 2.24) is 4.98 Å². The van der Waals surface area contributed by atoms with E-state index in [0.29, 0.717) is 18.4 Å². The number of ether oxygens (including phenoxy) is 1.